The summed E-state index contributed by atoms with van der Waals surface area (Å²) in [7, 11) is 0. The van der Waals surface area contributed by atoms with Crippen molar-refractivity contribution in [2.75, 3.05) is 0 Å². The first-order chi connectivity index (χ1) is 8.20. The van der Waals surface area contributed by atoms with E-state index in [9.17, 15) is 13.2 Å². The zero-order valence-electron chi connectivity index (χ0n) is 8.87. The molecule has 0 bridgehead atoms. The Hall–Kier alpha value is -1.96. The maximum atomic E-state index is 12.4. The lowest BCUT2D eigenvalue weighted by Crippen LogP contribution is -2.26. The standard InChI is InChI=1S/C9H9ClF3N5/c10-6-3-4(17-8(16)18-7(14)15)1-2-5(6)9(11,12)13/h1-3H,(H6,14,15,16,17,18). The fraction of sp³-hybridized carbons (Fsp3) is 0.111. The molecule has 0 radical (unpaired) electrons. The van der Waals surface area contributed by atoms with Gasteiger partial charge in [-0.2, -0.15) is 18.2 Å². The molecule has 0 aliphatic heterocycles. The molecule has 5 nitrogen and oxygen atoms in total. The van der Waals surface area contributed by atoms with Crippen LogP contribution in [0.5, 0.6) is 0 Å². The molecule has 9 heteroatoms. The van der Waals surface area contributed by atoms with Crippen LogP contribution in [0.2, 0.25) is 5.02 Å². The van der Waals surface area contributed by atoms with Gasteiger partial charge in [0.2, 0.25) is 5.96 Å². The van der Waals surface area contributed by atoms with Crippen molar-refractivity contribution in [3.63, 3.8) is 0 Å². The number of nitrogens with zero attached hydrogens (tertiary/aromatic N) is 2. The molecular formula is C9H9ClF3N5. The zero-order valence-corrected chi connectivity index (χ0v) is 9.63. The van der Waals surface area contributed by atoms with Crippen molar-refractivity contribution in [2.45, 2.75) is 6.18 Å². The summed E-state index contributed by atoms with van der Waals surface area (Å²) in [5, 5.41) is -0.485. The highest BCUT2D eigenvalue weighted by molar-refractivity contribution is 6.31. The second kappa shape index (κ2) is 5.13. The summed E-state index contributed by atoms with van der Waals surface area (Å²) in [4.78, 5) is 7.09. The summed E-state index contributed by atoms with van der Waals surface area (Å²) < 4.78 is 37.2. The normalized spacial score (nSPS) is 12.3. The number of halogens is 4. The number of guanidine groups is 2. The minimum atomic E-state index is -4.52. The summed E-state index contributed by atoms with van der Waals surface area (Å²) in [6.45, 7) is 0. The molecule has 0 spiro atoms. The van der Waals surface area contributed by atoms with Crippen LogP contribution < -0.4 is 17.2 Å². The molecule has 0 atom stereocenters. The number of hydrogen-bond acceptors (Lipinski definition) is 1. The van der Waals surface area contributed by atoms with E-state index in [1.54, 1.807) is 0 Å². The largest absolute Gasteiger partial charge is 0.417 e. The molecule has 0 unspecified atom stereocenters. The number of nitrogens with two attached hydrogens (primary N) is 3. The van der Waals surface area contributed by atoms with E-state index in [0.29, 0.717) is 0 Å². The summed E-state index contributed by atoms with van der Waals surface area (Å²) in [5.41, 5.74) is 14.6. The minimum Gasteiger partial charge on any atom is -0.370 e. The molecule has 0 aliphatic rings. The van der Waals surface area contributed by atoms with Gasteiger partial charge in [-0.15, -0.1) is 0 Å². The number of aliphatic imine (C=N–C) groups is 2. The van der Waals surface area contributed by atoms with E-state index in [1.807, 2.05) is 0 Å². The summed E-state index contributed by atoms with van der Waals surface area (Å²) in [6, 6.07) is 2.91. The number of hydrogen-bond donors (Lipinski definition) is 3. The Bertz CT molecular complexity index is 505. The topological polar surface area (TPSA) is 103 Å². The molecule has 1 aromatic carbocycles. The fourth-order valence-corrected chi connectivity index (χ4v) is 1.37. The molecule has 0 fully saturated rings. The van der Waals surface area contributed by atoms with Crippen LogP contribution in [-0.2, 0) is 6.18 Å². The van der Waals surface area contributed by atoms with Crippen molar-refractivity contribution in [3.8, 4) is 0 Å². The van der Waals surface area contributed by atoms with Crippen molar-refractivity contribution < 1.29 is 13.2 Å². The Morgan fingerprint density at radius 2 is 1.78 bits per heavy atom. The molecule has 0 saturated heterocycles. The Labute approximate surface area is 105 Å². The SMILES string of the molecule is NC(N)=NC(N)=Nc1ccc(C(F)(F)F)c(Cl)c1. The van der Waals surface area contributed by atoms with E-state index >= 15 is 0 Å². The average molecular weight is 280 g/mol. The van der Waals surface area contributed by atoms with E-state index in [4.69, 9.17) is 28.8 Å². The second-order valence-corrected chi connectivity index (χ2v) is 3.58. The van der Waals surface area contributed by atoms with E-state index < -0.39 is 16.8 Å². The zero-order chi connectivity index (χ0) is 13.9. The molecule has 0 aromatic heterocycles. The second-order valence-electron chi connectivity index (χ2n) is 3.17. The molecule has 98 valence electrons. The maximum absolute atomic E-state index is 12.4. The van der Waals surface area contributed by atoms with Crippen molar-refractivity contribution in [3.05, 3.63) is 28.8 Å². The van der Waals surface area contributed by atoms with Crippen LogP contribution >= 0.6 is 11.6 Å². The van der Waals surface area contributed by atoms with Crippen LogP contribution in [0.4, 0.5) is 18.9 Å². The van der Waals surface area contributed by atoms with Gasteiger partial charge in [-0.05, 0) is 18.2 Å². The lowest BCUT2D eigenvalue weighted by atomic mass is 10.2. The number of benzene rings is 1. The molecule has 0 aliphatic carbocycles. The van der Waals surface area contributed by atoms with Gasteiger partial charge in [0.05, 0.1) is 16.3 Å². The van der Waals surface area contributed by atoms with Crippen LogP contribution in [0.15, 0.2) is 28.2 Å². The highest BCUT2D eigenvalue weighted by Crippen LogP contribution is 2.36. The van der Waals surface area contributed by atoms with Gasteiger partial charge < -0.3 is 17.2 Å². The van der Waals surface area contributed by atoms with Gasteiger partial charge in [0.1, 0.15) is 0 Å². The fourth-order valence-electron chi connectivity index (χ4n) is 1.09. The van der Waals surface area contributed by atoms with Gasteiger partial charge in [0.25, 0.3) is 0 Å². The van der Waals surface area contributed by atoms with Crippen molar-refractivity contribution in [2.24, 2.45) is 27.2 Å². The van der Waals surface area contributed by atoms with Gasteiger partial charge >= 0.3 is 6.18 Å². The smallest absolute Gasteiger partial charge is 0.370 e. The van der Waals surface area contributed by atoms with E-state index in [0.717, 1.165) is 18.2 Å². The third-order valence-electron chi connectivity index (χ3n) is 1.75. The first-order valence-electron chi connectivity index (χ1n) is 4.50. The summed E-state index contributed by atoms with van der Waals surface area (Å²) >= 11 is 5.49. The molecule has 18 heavy (non-hydrogen) atoms. The third-order valence-corrected chi connectivity index (χ3v) is 2.06. The van der Waals surface area contributed by atoms with Crippen LogP contribution in [0, 0.1) is 0 Å². The average Bonchev–Trinajstić information content (AvgIpc) is 2.13. The Morgan fingerprint density at radius 3 is 2.22 bits per heavy atom. The molecular weight excluding hydrogens is 271 g/mol. The lowest BCUT2D eigenvalue weighted by molar-refractivity contribution is -0.137. The Morgan fingerprint density at radius 1 is 1.17 bits per heavy atom. The molecule has 1 rings (SSSR count). The maximum Gasteiger partial charge on any atom is 0.417 e. The quantitative estimate of drug-likeness (QED) is 0.537. The molecule has 0 heterocycles. The van der Waals surface area contributed by atoms with Crippen LogP contribution in [0.3, 0.4) is 0 Å². The van der Waals surface area contributed by atoms with Crippen molar-refractivity contribution >= 4 is 29.2 Å². The minimum absolute atomic E-state index is 0.107. The van der Waals surface area contributed by atoms with E-state index in [1.165, 1.54) is 0 Å². The Kier molecular flexibility index (Phi) is 4.02. The van der Waals surface area contributed by atoms with Crippen molar-refractivity contribution in [1.82, 2.24) is 0 Å². The highest BCUT2D eigenvalue weighted by atomic mass is 35.5. The highest BCUT2D eigenvalue weighted by Gasteiger charge is 2.32. The van der Waals surface area contributed by atoms with Crippen LogP contribution in [0.25, 0.3) is 0 Å². The molecule has 0 amide bonds. The monoisotopic (exact) mass is 279 g/mol. The van der Waals surface area contributed by atoms with Gasteiger partial charge in [-0.25, -0.2) is 4.99 Å². The van der Waals surface area contributed by atoms with Crippen molar-refractivity contribution in [1.29, 1.82) is 0 Å². The Balaban J connectivity index is 3.10. The number of alkyl halides is 3. The van der Waals surface area contributed by atoms with Gasteiger partial charge in [0, 0.05) is 0 Å². The van der Waals surface area contributed by atoms with E-state index in [-0.39, 0.29) is 17.6 Å². The predicted molar refractivity (Wildman–Crippen MR) is 63.5 cm³/mol. The molecule has 6 N–H and O–H groups in total. The predicted octanol–water partition coefficient (Wildman–Crippen LogP) is 1.58. The van der Waals surface area contributed by atoms with E-state index in [2.05, 4.69) is 9.98 Å². The van der Waals surface area contributed by atoms with Gasteiger partial charge in [-0.1, -0.05) is 11.6 Å². The molecule has 1 aromatic rings. The van der Waals surface area contributed by atoms with Crippen LogP contribution in [-0.4, -0.2) is 11.9 Å². The number of rotatable bonds is 1. The summed E-state index contributed by atoms with van der Waals surface area (Å²) in [6.07, 6.45) is -4.52. The van der Waals surface area contributed by atoms with Gasteiger partial charge in [0.15, 0.2) is 5.96 Å². The van der Waals surface area contributed by atoms with Gasteiger partial charge in [-0.3, -0.25) is 0 Å². The first kappa shape index (κ1) is 14.1. The summed E-state index contributed by atoms with van der Waals surface area (Å²) in [5.74, 6) is -0.597. The van der Waals surface area contributed by atoms with Crippen LogP contribution in [0.1, 0.15) is 5.56 Å². The first-order valence-corrected chi connectivity index (χ1v) is 4.88. The third kappa shape index (κ3) is 3.81. The lowest BCUT2D eigenvalue weighted by Gasteiger charge is -2.08. The molecule has 0 saturated carbocycles.